The largest absolute Gasteiger partial charge is 0.288 e. The lowest BCUT2D eigenvalue weighted by molar-refractivity contribution is 0.0708. The van der Waals surface area contributed by atoms with Crippen molar-refractivity contribution in [2.45, 2.75) is 0 Å². The van der Waals surface area contributed by atoms with Gasteiger partial charge in [-0.1, -0.05) is 30.0 Å². The molecule has 1 amide bonds. The fraction of sp³-hybridized carbons (Fsp3) is 0. The molecule has 3 aromatic rings. The van der Waals surface area contributed by atoms with Gasteiger partial charge in [-0.3, -0.25) is 15.1 Å². The summed E-state index contributed by atoms with van der Waals surface area (Å²) < 4.78 is 0. The van der Waals surface area contributed by atoms with Gasteiger partial charge < -0.3 is 0 Å². The number of hydrogen-bond donors (Lipinski definition) is 3. The molecule has 3 rings (SSSR count). The van der Waals surface area contributed by atoms with Gasteiger partial charge in [0.25, 0.3) is 5.91 Å². The number of H-pyrrole nitrogens is 1. The van der Waals surface area contributed by atoms with Crippen LogP contribution in [0.1, 0.15) is 21.5 Å². The molecular formula is C16H11N3O2. The number of nitrogens with one attached hydrogen (secondary N) is 2. The topological polar surface area (TPSA) is 78.0 Å². The molecule has 5 nitrogen and oxygen atoms in total. The predicted octanol–water partition coefficient (Wildman–Crippen LogP) is 2.08. The third-order valence-corrected chi connectivity index (χ3v) is 3.02. The van der Waals surface area contributed by atoms with E-state index in [-0.39, 0.29) is 0 Å². The number of aromatic nitrogens is 2. The van der Waals surface area contributed by atoms with Crippen molar-refractivity contribution in [3.8, 4) is 11.8 Å². The first-order valence-corrected chi connectivity index (χ1v) is 6.26. The predicted molar refractivity (Wildman–Crippen MR) is 77.8 cm³/mol. The molecule has 21 heavy (non-hydrogen) atoms. The number of amides is 1. The smallest absolute Gasteiger partial charge is 0.276 e. The minimum Gasteiger partial charge on any atom is -0.288 e. The summed E-state index contributed by atoms with van der Waals surface area (Å²) in [6.45, 7) is 0. The second kappa shape index (κ2) is 5.49. The lowest BCUT2D eigenvalue weighted by Gasteiger charge is -2.01. The number of hydrogen-bond acceptors (Lipinski definition) is 3. The number of carbonyl (C=O) groups is 1. The van der Waals surface area contributed by atoms with Crippen LogP contribution in [0.4, 0.5) is 0 Å². The average Bonchev–Trinajstić information content (AvgIpc) is 3.00. The summed E-state index contributed by atoms with van der Waals surface area (Å²) in [6, 6.07) is 13.0. The van der Waals surface area contributed by atoms with Gasteiger partial charge in [0, 0.05) is 16.5 Å². The number of hydroxylamine groups is 1. The zero-order valence-corrected chi connectivity index (χ0v) is 10.9. The van der Waals surface area contributed by atoms with Crippen molar-refractivity contribution in [2.75, 3.05) is 0 Å². The van der Waals surface area contributed by atoms with E-state index in [1.807, 2.05) is 36.4 Å². The van der Waals surface area contributed by atoms with Crippen LogP contribution in [0.2, 0.25) is 0 Å². The molecule has 0 bridgehead atoms. The van der Waals surface area contributed by atoms with E-state index >= 15 is 0 Å². The summed E-state index contributed by atoms with van der Waals surface area (Å²) in [5.74, 6) is 5.43. The van der Waals surface area contributed by atoms with Crippen LogP contribution in [0, 0.1) is 11.8 Å². The molecule has 1 heterocycles. The average molecular weight is 277 g/mol. The van der Waals surface area contributed by atoms with Gasteiger partial charge in [0.15, 0.2) is 0 Å². The number of fused-ring (bicyclic) bond motifs is 1. The standard InChI is InChI=1S/C16H11N3O2/c20-16(19-21)14-9-12(8-13-10-17-18-15(13)14)7-6-11-4-2-1-3-5-11/h1-5,8-10,21H,(H,17,18)(H,19,20). The Hall–Kier alpha value is -3.10. The molecular weight excluding hydrogens is 266 g/mol. The Labute approximate surface area is 120 Å². The molecule has 0 aliphatic heterocycles. The van der Waals surface area contributed by atoms with E-state index in [0.29, 0.717) is 16.6 Å². The molecule has 0 saturated carbocycles. The molecule has 1 aromatic heterocycles. The highest BCUT2D eigenvalue weighted by atomic mass is 16.5. The number of carbonyl (C=O) groups excluding carboxylic acids is 1. The van der Waals surface area contributed by atoms with Crippen LogP contribution in [0.3, 0.4) is 0 Å². The van der Waals surface area contributed by atoms with Crippen molar-refractivity contribution >= 4 is 16.8 Å². The van der Waals surface area contributed by atoms with E-state index in [1.54, 1.807) is 17.7 Å². The van der Waals surface area contributed by atoms with Crippen LogP contribution in [0.15, 0.2) is 48.7 Å². The van der Waals surface area contributed by atoms with Crippen molar-refractivity contribution in [3.63, 3.8) is 0 Å². The number of benzene rings is 2. The van der Waals surface area contributed by atoms with Crippen LogP contribution < -0.4 is 5.48 Å². The molecule has 0 atom stereocenters. The van der Waals surface area contributed by atoms with E-state index in [9.17, 15) is 4.79 Å². The molecule has 3 N–H and O–H groups in total. The quantitative estimate of drug-likeness (QED) is 0.362. The molecule has 0 fully saturated rings. The number of nitrogens with zero attached hydrogens (tertiary/aromatic N) is 1. The Balaban J connectivity index is 2.08. The third kappa shape index (κ3) is 2.61. The zero-order valence-electron chi connectivity index (χ0n) is 10.9. The van der Waals surface area contributed by atoms with E-state index in [4.69, 9.17) is 5.21 Å². The van der Waals surface area contributed by atoms with E-state index in [0.717, 1.165) is 10.9 Å². The van der Waals surface area contributed by atoms with Gasteiger partial charge in [-0.25, -0.2) is 5.48 Å². The number of rotatable bonds is 1. The van der Waals surface area contributed by atoms with Crippen molar-refractivity contribution in [3.05, 3.63) is 65.4 Å². The normalized spacial score (nSPS) is 9.95. The van der Waals surface area contributed by atoms with Crippen molar-refractivity contribution in [1.29, 1.82) is 0 Å². The SMILES string of the molecule is O=C(NO)c1cc(C#Cc2ccccc2)cc2cn[nH]c12. The van der Waals surface area contributed by atoms with E-state index < -0.39 is 5.91 Å². The summed E-state index contributed by atoms with van der Waals surface area (Å²) in [6.07, 6.45) is 1.61. The van der Waals surface area contributed by atoms with Gasteiger partial charge in [-0.05, 0) is 24.3 Å². The minimum absolute atomic E-state index is 0.296. The minimum atomic E-state index is -0.604. The van der Waals surface area contributed by atoms with Crippen LogP contribution in [0.25, 0.3) is 10.9 Å². The Morgan fingerprint density at radius 2 is 1.90 bits per heavy atom. The maximum absolute atomic E-state index is 11.7. The van der Waals surface area contributed by atoms with E-state index in [1.165, 1.54) is 0 Å². The summed E-state index contributed by atoms with van der Waals surface area (Å²) in [4.78, 5) is 11.7. The fourth-order valence-corrected chi connectivity index (χ4v) is 2.03. The first-order valence-electron chi connectivity index (χ1n) is 6.26. The Bertz CT molecular complexity index is 857. The van der Waals surface area contributed by atoms with Gasteiger partial charge in [0.1, 0.15) is 0 Å². The Morgan fingerprint density at radius 3 is 2.67 bits per heavy atom. The van der Waals surface area contributed by atoms with Gasteiger partial charge in [-0.2, -0.15) is 5.10 Å². The molecule has 0 radical (unpaired) electrons. The first-order chi connectivity index (χ1) is 10.3. The lowest BCUT2D eigenvalue weighted by atomic mass is 10.1. The maximum Gasteiger partial charge on any atom is 0.276 e. The lowest BCUT2D eigenvalue weighted by Crippen LogP contribution is -2.19. The molecule has 0 unspecified atom stereocenters. The highest BCUT2D eigenvalue weighted by molar-refractivity contribution is 6.05. The molecule has 0 saturated heterocycles. The zero-order chi connectivity index (χ0) is 14.7. The summed E-state index contributed by atoms with van der Waals surface area (Å²) in [5, 5.41) is 16.2. The molecule has 102 valence electrons. The van der Waals surface area contributed by atoms with E-state index in [2.05, 4.69) is 22.0 Å². The highest BCUT2D eigenvalue weighted by Gasteiger charge is 2.12. The molecule has 0 spiro atoms. The van der Waals surface area contributed by atoms with Gasteiger partial charge in [-0.15, -0.1) is 0 Å². The van der Waals surface area contributed by atoms with Crippen LogP contribution >= 0.6 is 0 Å². The summed E-state index contributed by atoms with van der Waals surface area (Å²) in [5.41, 5.74) is 4.05. The Morgan fingerprint density at radius 1 is 1.14 bits per heavy atom. The summed E-state index contributed by atoms with van der Waals surface area (Å²) in [7, 11) is 0. The van der Waals surface area contributed by atoms with Gasteiger partial charge in [0.05, 0.1) is 17.3 Å². The van der Waals surface area contributed by atoms with Gasteiger partial charge >= 0.3 is 0 Å². The van der Waals surface area contributed by atoms with Crippen molar-refractivity contribution < 1.29 is 10.0 Å². The second-order valence-electron chi connectivity index (χ2n) is 4.41. The van der Waals surface area contributed by atoms with Crippen LogP contribution in [0.5, 0.6) is 0 Å². The van der Waals surface area contributed by atoms with Crippen LogP contribution in [-0.4, -0.2) is 21.3 Å². The van der Waals surface area contributed by atoms with Crippen molar-refractivity contribution in [2.24, 2.45) is 0 Å². The maximum atomic E-state index is 11.7. The molecule has 2 aromatic carbocycles. The monoisotopic (exact) mass is 277 g/mol. The molecule has 0 aliphatic rings. The van der Waals surface area contributed by atoms with Gasteiger partial charge in [0.2, 0.25) is 0 Å². The second-order valence-corrected chi connectivity index (χ2v) is 4.41. The Kier molecular flexibility index (Phi) is 3.37. The first kappa shape index (κ1) is 12.9. The highest BCUT2D eigenvalue weighted by Crippen LogP contribution is 2.18. The van der Waals surface area contributed by atoms with Crippen molar-refractivity contribution in [1.82, 2.24) is 15.7 Å². The fourth-order valence-electron chi connectivity index (χ4n) is 2.03. The van der Waals surface area contributed by atoms with Crippen LogP contribution in [-0.2, 0) is 0 Å². The number of aromatic amines is 1. The third-order valence-electron chi connectivity index (χ3n) is 3.02. The molecule has 5 heteroatoms. The summed E-state index contributed by atoms with van der Waals surface area (Å²) >= 11 is 0. The molecule has 0 aliphatic carbocycles.